The van der Waals surface area contributed by atoms with E-state index in [1.807, 2.05) is 24.4 Å². The molecule has 0 saturated heterocycles. The van der Waals surface area contributed by atoms with Crippen LogP contribution in [0.4, 0.5) is 10.5 Å². The molecule has 1 fully saturated rings. The van der Waals surface area contributed by atoms with Gasteiger partial charge in [-0.25, -0.2) is 9.78 Å². The van der Waals surface area contributed by atoms with Gasteiger partial charge in [-0.2, -0.15) is 0 Å². The molecule has 2 aromatic carbocycles. The number of thiazole rings is 1. The molecule has 10 nitrogen and oxygen atoms in total. The van der Waals surface area contributed by atoms with Gasteiger partial charge in [0.25, 0.3) is 11.8 Å². The Balaban J connectivity index is 1.40. The van der Waals surface area contributed by atoms with Gasteiger partial charge < -0.3 is 30.3 Å². The number of likely N-dealkylation sites (N-methyl/N-ethyl adjacent to an activating group) is 1. The molecule has 3 aromatic rings. The fourth-order valence-electron chi connectivity index (χ4n) is 5.77. The molecular formula is C33H41N5O5S. The molecule has 1 saturated carbocycles. The van der Waals surface area contributed by atoms with Crippen LogP contribution in [0.2, 0.25) is 0 Å². The first-order valence-electron chi connectivity index (χ1n) is 15.3. The number of hydrogen-bond donors (Lipinski definition) is 3. The minimum Gasteiger partial charge on any atom is -0.485 e. The maximum atomic E-state index is 13.8. The lowest BCUT2D eigenvalue weighted by Gasteiger charge is -2.38. The number of anilines is 1. The Morgan fingerprint density at radius 1 is 1.16 bits per heavy atom. The number of aliphatic hydroxyl groups is 1. The van der Waals surface area contributed by atoms with Gasteiger partial charge in [-0.1, -0.05) is 44.4 Å². The maximum Gasteiger partial charge on any atom is 0.317 e. The molecule has 1 aliphatic carbocycles. The Morgan fingerprint density at radius 2 is 1.91 bits per heavy atom. The highest BCUT2D eigenvalue weighted by atomic mass is 32.1. The zero-order chi connectivity index (χ0) is 31.2. The van der Waals surface area contributed by atoms with E-state index < -0.39 is 12.1 Å². The molecule has 1 aromatic heterocycles. The predicted octanol–water partition coefficient (Wildman–Crippen LogP) is 5.26. The lowest BCUT2D eigenvalue weighted by atomic mass is 9.96. The van der Waals surface area contributed by atoms with Crippen LogP contribution in [0, 0.1) is 5.92 Å². The number of urea groups is 1. The number of benzene rings is 2. The van der Waals surface area contributed by atoms with Gasteiger partial charge >= 0.3 is 6.03 Å². The molecule has 0 spiro atoms. The van der Waals surface area contributed by atoms with Crippen LogP contribution in [-0.4, -0.2) is 82.7 Å². The van der Waals surface area contributed by atoms with Gasteiger partial charge in [0.2, 0.25) is 0 Å². The highest BCUT2D eigenvalue weighted by Crippen LogP contribution is 2.35. The third-order valence-corrected chi connectivity index (χ3v) is 9.32. The molecule has 11 heteroatoms. The molecule has 2 aliphatic rings. The predicted molar refractivity (Wildman–Crippen MR) is 171 cm³/mol. The van der Waals surface area contributed by atoms with Crippen LogP contribution in [0.5, 0.6) is 5.75 Å². The summed E-state index contributed by atoms with van der Waals surface area (Å²) in [5.41, 5.74) is 2.00. The largest absolute Gasteiger partial charge is 0.485 e. The van der Waals surface area contributed by atoms with E-state index in [0.717, 1.165) is 36.3 Å². The number of para-hydroxylation sites is 1. The zero-order valence-corrected chi connectivity index (χ0v) is 26.3. The van der Waals surface area contributed by atoms with Gasteiger partial charge in [0.1, 0.15) is 11.1 Å². The SMILES string of the molecule is C[C@H](CO)N1C[C@H](C)[C@@H](CN(C)C(=O)NC2CCCCC2)Oc2c(NC(=O)c3ccc(-c4nccs4)cc3)cccc2C1=O. The first-order valence-corrected chi connectivity index (χ1v) is 16.2. The number of hydrogen-bond acceptors (Lipinski definition) is 7. The fraction of sp³-hybridized carbons (Fsp3) is 0.455. The van der Waals surface area contributed by atoms with E-state index in [1.165, 1.54) is 17.8 Å². The smallest absolute Gasteiger partial charge is 0.317 e. The summed E-state index contributed by atoms with van der Waals surface area (Å²) in [5, 5.41) is 18.8. The van der Waals surface area contributed by atoms with Crippen LogP contribution in [0.25, 0.3) is 10.6 Å². The molecule has 1 aliphatic heterocycles. The number of nitrogens with zero attached hydrogens (tertiary/aromatic N) is 3. The van der Waals surface area contributed by atoms with Crippen molar-refractivity contribution < 1.29 is 24.2 Å². The number of carbonyl (C=O) groups is 3. The Morgan fingerprint density at radius 3 is 2.59 bits per heavy atom. The number of aromatic nitrogens is 1. The second kappa shape index (κ2) is 14.2. The summed E-state index contributed by atoms with van der Waals surface area (Å²) in [6.45, 7) is 4.18. The molecule has 5 rings (SSSR count). The minimum absolute atomic E-state index is 0.158. The van der Waals surface area contributed by atoms with Crippen LogP contribution in [0.1, 0.15) is 66.7 Å². The van der Waals surface area contributed by atoms with E-state index in [0.29, 0.717) is 17.8 Å². The van der Waals surface area contributed by atoms with E-state index in [2.05, 4.69) is 15.6 Å². The number of amides is 4. The molecular weight excluding hydrogens is 578 g/mol. The maximum absolute atomic E-state index is 13.8. The summed E-state index contributed by atoms with van der Waals surface area (Å²) in [4.78, 5) is 47.9. The molecule has 3 atom stereocenters. The zero-order valence-electron chi connectivity index (χ0n) is 25.5. The lowest BCUT2D eigenvalue weighted by molar-refractivity contribution is 0.0367. The molecule has 234 valence electrons. The summed E-state index contributed by atoms with van der Waals surface area (Å²) in [6, 6.07) is 11.8. The van der Waals surface area contributed by atoms with E-state index in [-0.39, 0.29) is 54.3 Å². The van der Waals surface area contributed by atoms with Crippen molar-refractivity contribution in [3.05, 3.63) is 65.2 Å². The number of aliphatic hydroxyl groups excluding tert-OH is 1. The third-order valence-electron chi connectivity index (χ3n) is 8.50. The van der Waals surface area contributed by atoms with Crippen LogP contribution >= 0.6 is 11.3 Å². The van der Waals surface area contributed by atoms with Gasteiger partial charge in [-0.15, -0.1) is 11.3 Å². The Hall–Kier alpha value is -3.96. The second-order valence-corrected chi connectivity index (χ2v) is 12.7. The molecule has 2 heterocycles. The summed E-state index contributed by atoms with van der Waals surface area (Å²) >= 11 is 1.52. The average Bonchev–Trinajstić information content (AvgIpc) is 3.58. The van der Waals surface area contributed by atoms with Gasteiger partial charge in [0, 0.05) is 48.3 Å². The van der Waals surface area contributed by atoms with Crippen molar-refractivity contribution >= 4 is 34.9 Å². The summed E-state index contributed by atoms with van der Waals surface area (Å²) in [6.07, 6.45) is 6.65. The van der Waals surface area contributed by atoms with E-state index >= 15 is 0 Å². The monoisotopic (exact) mass is 619 g/mol. The Kier molecular flexibility index (Phi) is 10.2. The van der Waals surface area contributed by atoms with Gasteiger partial charge in [-0.3, -0.25) is 9.59 Å². The minimum atomic E-state index is -0.493. The van der Waals surface area contributed by atoms with Gasteiger partial charge in [0.05, 0.1) is 30.4 Å². The topological polar surface area (TPSA) is 124 Å². The number of nitrogens with one attached hydrogen (secondary N) is 2. The van der Waals surface area contributed by atoms with Crippen molar-refractivity contribution in [2.75, 3.05) is 32.1 Å². The van der Waals surface area contributed by atoms with Crippen molar-refractivity contribution in [2.45, 2.75) is 64.1 Å². The average molecular weight is 620 g/mol. The molecule has 0 bridgehead atoms. The van der Waals surface area contributed by atoms with Gasteiger partial charge in [-0.05, 0) is 44.0 Å². The highest BCUT2D eigenvalue weighted by molar-refractivity contribution is 7.13. The molecule has 0 radical (unpaired) electrons. The summed E-state index contributed by atoms with van der Waals surface area (Å²) in [5.74, 6) is -0.582. The third kappa shape index (κ3) is 7.22. The first kappa shape index (κ1) is 31.5. The summed E-state index contributed by atoms with van der Waals surface area (Å²) in [7, 11) is 1.75. The lowest BCUT2D eigenvalue weighted by Crippen LogP contribution is -2.52. The molecule has 3 N–H and O–H groups in total. The van der Waals surface area contributed by atoms with Crippen LogP contribution in [-0.2, 0) is 0 Å². The molecule has 44 heavy (non-hydrogen) atoms. The fourth-order valence-corrected chi connectivity index (χ4v) is 6.41. The quantitative estimate of drug-likeness (QED) is 0.316. The summed E-state index contributed by atoms with van der Waals surface area (Å²) < 4.78 is 6.57. The van der Waals surface area contributed by atoms with E-state index in [1.54, 1.807) is 60.3 Å². The first-order chi connectivity index (χ1) is 21.2. The van der Waals surface area contributed by atoms with Crippen molar-refractivity contribution in [1.29, 1.82) is 0 Å². The van der Waals surface area contributed by atoms with Crippen LogP contribution < -0.4 is 15.4 Å². The van der Waals surface area contributed by atoms with E-state index in [9.17, 15) is 19.5 Å². The van der Waals surface area contributed by atoms with Crippen molar-refractivity contribution in [3.8, 4) is 16.3 Å². The van der Waals surface area contributed by atoms with Crippen LogP contribution in [0.3, 0.4) is 0 Å². The normalized spacial score (nSPS) is 19.6. The molecule has 0 unspecified atom stereocenters. The number of rotatable bonds is 8. The number of ether oxygens (including phenoxy) is 1. The molecule has 4 amide bonds. The standard InChI is InChI=1S/C33H41N5O5S/c1-21-18-38(22(2)20-39)32(41)26-10-7-11-27(36-30(40)23-12-14-24(15-13-23)31-34-16-17-44-31)29(26)43-28(21)19-37(3)33(42)35-25-8-5-4-6-9-25/h7,10-17,21-22,25,28,39H,4-6,8-9,18-20H2,1-3H3,(H,35,42)(H,36,40)/t21-,22+,28+/m0/s1. The van der Waals surface area contributed by atoms with Crippen molar-refractivity contribution in [3.63, 3.8) is 0 Å². The number of carbonyl (C=O) groups excluding carboxylic acids is 3. The van der Waals surface area contributed by atoms with Crippen molar-refractivity contribution in [1.82, 2.24) is 20.1 Å². The van der Waals surface area contributed by atoms with Crippen LogP contribution in [0.15, 0.2) is 54.0 Å². The Labute approximate surface area is 262 Å². The second-order valence-electron chi connectivity index (χ2n) is 11.8. The van der Waals surface area contributed by atoms with Crippen molar-refractivity contribution in [2.24, 2.45) is 5.92 Å². The Bertz CT molecular complexity index is 1440. The number of fused-ring (bicyclic) bond motifs is 1. The van der Waals surface area contributed by atoms with Gasteiger partial charge in [0.15, 0.2) is 5.75 Å². The van der Waals surface area contributed by atoms with E-state index in [4.69, 9.17) is 4.74 Å². The highest BCUT2D eigenvalue weighted by Gasteiger charge is 2.35.